The number of fused-ring (bicyclic) bond motifs is 1. The topological polar surface area (TPSA) is 70.2 Å². The van der Waals surface area contributed by atoms with E-state index in [0.717, 1.165) is 44.5 Å². The maximum absolute atomic E-state index is 12.3. The third-order valence-corrected chi connectivity index (χ3v) is 5.43. The molecule has 3 unspecified atom stereocenters. The first kappa shape index (κ1) is 13.9. The highest BCUT2D eigenvalue weighted by Crippen LogP contribution is 2.51. The quantitative estimate of drug-likeness (QED) is 0.879. The third kappa shape index (κ3) is 2.56. The average Bonchev–Trinajstić information content (AvgIpc) is 2.90. The first-order valence-corrected chi connectivity index (χ1v) is 8.40. The molecule has 4 rings (SSSR count). The van der Waals surface area contributed by atoms with Crippen molar-refractivity contribution in [3.63, 3.8) is 0 Å². The van der Waals surface area contributed by atoms with Crippen molar-refractivity contribution in [2.75, 3.05) is 36.4 Å². The third-order valence-electron chi connectivity index (χ3n) is 5.43. The summed E-state index contributed by atoms with van der Waals surface area (Å²) in [5.41, 5.74) is 0.713. The second kappa shape index (κ2) is 5.83. The van der Waals surface area contributed by atoms with E-state index in [9.17, 15) is 4.79 Å². The molecule has 0 spiro atoms. The fourth-order valence-corrected chi connectivity index (χ4v) is 4.14. The normalized spacial score (nSPS) is 30.5. The largest absolute Gasteiger partial charge is 0.338 e. The molecule has 3 atom stereocenters. The van der Waals surface area contributed by atoms with Crippen LogP contribution in [0.2, 0.25) is 0 Å². The minimum Gasteiger partial charge on any atom is -0.338 e. The van der Waals surface area contributed by atoms with Gasteiger partial charge in [0.25, 0.3) is 0 Å². The molecule has 22 heavy (non-hydrogen) atoms. The van der Waals surface area contributed by atoms with Gasteiger partial charge in [-0.25, -0.2) is 9.97 Å². The van der Waals surface area contributed by atoms with E-state index in [0.29, 0.717) is 11.6 Å². The number of hydrogen-bond donors (Lipinski definition) is 2. The van der Waals surface area contributed by atoms with Crippen molar-refractivity contribution in [3.05, 3.63) is 12.4 Å². The van der Waals surface area contributed by atoms with E-state index in [-0.39, 0.29) is 11.8 Å². The van der Waals surface area contributed by atoms with Crippen LogP contribution < -0.4 is 15.5 Å². The van der Waals surface area contributed by atoms with Crippen LogP contribution in [0.1, 0.15) is 25.7 Å². The zero-order valence-electron chi connectivity index (χ0n) is 12.8. The minimum atomic E-state index is 0.154. The Labute approximate surface area is 130 Å². The summed E-state index contributed by atoms with van der Waals surface area (Å²) in [5, 5.41) is 6.30. The van der Waals surface area contributed by atoms with Crippen molar-refractivity contribution >= 4 is 17.5 Å². The molecule has 6 heteroatoms. The lowest BCUT2D eigenvalue weighted by molar-refractivity contribution is -0.126. The molecular weight excluding hydrogens is 278 g/mol. The van der Waals surface area contributed by atoms with Crippen LogP contribution in [0, 0.1) is 17.8 Å². The molecule has 118 valence electrons. The molecule has 0 bridgehead atoms. The van der Waals surface area contributed by atoms with Gasteiger partial charge in [-0.05, 0) is 24.7 Å². The Morgan fingerprint density at radius 2 is 2.00 bits per heavy atom. The summed E-state index contributed by atoms with van der Waals surface area (Å²) in [6.07, 6.45) is 8.36. The molecule has 1 aromatic rings. The van der Waals surface area contributed by atoms with Crippen LogP contribution in [-0.2, 0) is 4.79 Å². The van der Waals surface area contributed by atoms with Crippen LogP contribution in [0.3, 0.4) is 0 Å². The van der Waals surface area contributed by atoms with E-state index < -0.39 is 0 Å². The maximum Gasteiger partial charge on any atom is 0.227 e. The molecule has 0 aromatic carbocycles. The van der Waals surface area contributed by atoms with Gasteiger partial charge in [0.15, 0.2) is 0 Å². The maximum atomic E-state index is 12.3. The summed E-state index contributed by atoms with van der Waals surface area (Å²) < 4.78 is 0. The van der Waals surface area contributed by atoms with E-state index in [1.165, 1.54) is 19.3 Å². The SMILES string of the molecule is O=C(Nc1cnc(N2CCNCC2)nc1)C1CC2CCCC21. The molecule has 0 radical (unpaired) electrons. The molecule has 1 aromatic heterocycles. The number of piperazine rings is 1. The fraction of sp³-hybridized carbons (Fsp3) is 0.688. The molecule has 2 aliphatic carbocycles. The number of aromatic nitrogens is 2. The number of anilines is 2. The first-order valence-electron chi connectivity index (χ1n) is 8.40. The van der Waals surface area contributed by atoms with Gasteiger partial charge in [-0.2, -0.15) is 0 Å². The summed E-state index contributed by atoms with van der Waals surface area (Å²) in [4.78, 5) is 23.3. The van der Waals surface area contributed by atoms with Gasteiger partial charge in [0.2, 0.25) is 11.9 Å². The summed E-state index contributed by atoms with van der Waals surface area (Å²) in [6.45, 7) is 3.78. The van der Waals surface area contributed by atoms with E-state index in [1.807, 2.05) is 0 Å². The van der Waals surface area contributed by atoms with Gasteiger partial charge in [-0.3, -0.25) is 4.79 Å². The van der Waals surface area contributed by atoms with Gasteiger partial charge in [0.05, 0.1) is 18.1 Å². The highest BCUT2D eigenvalue weighted by molar-refractivity contribution is 5.93. The van der Waals surface area contributed by atoms with Crippen molar-refractivity contribution in [1.29, 1.82) is 0 Å². The zero-order chi connectivity index (χ0) is 14.9. The van der Waals surface area contributed by atoms with Crippen molar-refractivity contribution in [3.8, 4) is 0 Å². The van der Waals surface area contributed by atoms with Gasteiger partial charge >= 0.3 is 0 Å². The Kier molecular flexibility index (Phi) is 3.70. The van der Waals surface area contributed by atoms with E-state index in [4.69, 9.17) is 0 Å². The van der Waals surface area contributed by atoms with E-state index in [2.05, 4.69) is 25.5 Å². The highest BCUT2D eigenvalue weighted by atomic mass is 16.1. The van der Waals surface area contributed by atoms with Crippen LogP contribution in [0.15, 0.2) is 12.4 Å². The van der Waals surface area contributed by atoms with Gasteiger partial charge in [0, 0.05) is 32.1 Å². The van der Waals surface area contributed by atoms with Crippen molar-refractivity contribution in [2.45, 2.75) is 25.7 Å². The lowest BCUT2D eigenvalue weighted by Gasteiger charge is -2.39. The van der Waals surface area contributed by atoms with Gasteiger partial charge < -0.3 is 15.5 Å². The number of nitrogens with one attached hydrogen (secondary N) is 2. The van der Waals surface area contributed by atoms with Crippen molar-refractivity contribution < 1.29 is 4.79 Å². The molecular formula is C16H23N5O. The van der Waals surface area contributed by atoms with Crippen LogP contribution in [0.25, 0.3) is 0 Å². The summed E-state index contributed by atoms with van der Waals surface area (Å²) in [7, 11) is 0. The summed E-state index contributed by atoms with van der Waals surface area (Å²) >= 11 is 0. The molecule has 1 amide bonds. The second-order valence-corrected chi connectivity index (χ2v) is 6.70. The Morgan fingerprint density at radius 1 is 1.23 bits per heavy atom. The number of carbonyl (C=O) groups is 1. The number of amides is 1. The molecule has 3 fully saturated rings. The number of hydrogen-bond acceptors (Lipinski definition) is 5. The first-order chi connectivity index (χ1) is 10.8. The van der Waals surface area contributed by atoms with Crippen LogP contribution in [0.5, 0.6) is 0 Å². The molecule has 2 heterocycles. The highest BCUT2D eigenvalue weighted by Gasteiger charge is 2.47. The van der Waals surface area contributed by atoms with Crippen LogP contribution in [-0.4, -0.2) is 42.1 Å². The average molecular weight is 301 g/mol. The molecule has 2 saturated carbocycles. The molecule has 1 saturated heterocycles. The molecule has 3 aliphatic rings. The van der Waals surface area contributed by atoms with E-state index >= 15 is 0 Å². The summed E-state index contributed by atoms with van der Waals surface area (Å²) in [5.74, 6) is 2.55. The monoisotopic (exact) mass is 301 g/mol. The standard InChI is InChI=1S/C16H23N5O/c22-15(14-8-11-2-1-3-13(11)14)20-12-9-18-16(19-10-12)21-6-4-17-5-7-21/h9-11,13-14,17H,1-8H2,(H,20,22). The zero-order valence-corrected chi connectivity index (χ0v) is 12.8. The fourth-order valence-electron chi connectivity index (χ4n) is 4.14. The molecule has 6 nitrogen and oxygen atoms in total. The second-order valence-electron chi connectivity index (χ2n) is 6.70. The lowest BCUT2D eigenvalue weighted by atomic mass is 9.66. The Hall–Kier alpha value is -1.69. The Morgan fingerprint density at radius 3 is 2.73 bits per heavy atom. The van der Waals surface area contributed by atoms with Crippen molar-refractivity contribution in [1.82, 2.24) is 15.3 Å². The van der Waals surface area contributed by atoms with E-state index in [1.54, 1.807) is 12.4 Å². The van der Waals surface area contributed by atoms with Gasteiger partial charge in [0.1, 0.15) is 0 Å². The van der Waals surface area contributed by atoms with Gasteiger partial charge in [-0.15, -0.1) is 0 Å². The number of rotatable bonds is 3. The molecule has 2 N–H and O–H groups in total. The van der Waals surface area contributed by atoms with Crippen LogP contribution >= 0.6 is 0 Å². The Bertz CT molecular complexity index is 540. The smallest absolute Gasteiger partial charge is 0.227 e. The van der Waals surface area contributed by atoms with Gasteiger partial charge in [-0.1, -0.05) is 12.8 Å². The van der Waals surface area contributed by atoms with Crippen molar-refractivity contribution in [2.24, 2.45) is 17.8 Å². The predicted octanol–water partition coefficient (Wildman–Crippen LogP) is 1.26. The molecule has 1 aliphatic heterocycles. The van der Waals surface area contributed by atoms with Crippen LogP contribution in [0.4, 0.5) is 11.6 Å². The lowest BCUT2D eigenvalue weighted by Crippen LogP contribution is -2.44. The number of carbonyl (C=O) groups excluding carboxylic acids is 1. The Balaban J connectivity index is 1.35. The number of nitrogens with zero attached hydrogens (tertiary/aromatic N) is 3. The summed E-state index contributed by atoms with van der Waals surface area (Å²) in [6, 6.07) is 0. The predicted molar refractivity (Wildman–Crippen MR) is 84.7 cm³/mol. The minimum absolute atomic E-state index is 0.154.